The number of hydrogen-bond donors (Lipinski definition) is 1. The molecule has 0 unspecified atom stereocenters. The first-order chi connectivity index (χ1) is 8.81. The number of nitrogens with zero attached hydrogens (tertiary/aromatic N) is 1. The van der Waals surface area contributed by atoms with Crippen molar-refractivity contribution in [2.75, 3.05) is 7.11 Å². The molecule has 0 amide bonds. The van der Waals surface area contributed by atoms with E-state index in [2.05, 4.69) is 16.9 Å². The number of aromatic nitrogens is 2. The quantitative estimate of drug-likeness (QED) is 0.765. The summed E-state index contributed by atoms with van der Waals surface area (Å²) in [4.78, 5) is 7.86. The highest BCUT2D eigenvalue weighted by Crippen LogP contribution is 2.26. The zero-order chi connectivity index (χ0) is 12.5. The third kappa shape index (κ3) is 1.66. The molecule has 0 fully saturated rings. The second-order valence-corrected chi connectivity index (χ2v) is 4.08. The molecular formula is C14H14N2O2. The van der Waals surface area contributed by atoms with E-state index in [-0.39, 0.29) is 0 Å². The van der Waals surface area contributed by atoms with E-state index in [1.807, 2.05) is 24.3 Å². The summed E-state index contributed by atoms with van der Waals surface area (Å²) in [5.41, 5.74) is 2.91. The first kappa shape index (κ1) is 10.9. The molecule has 1 aromatic carbocycles. The Morgan fingerprint density at radius 2 is 2.22 bits per heavy atom. The summed E-state index contributed by atoms with van der Waals surface area (Å²) < 4.78 is 10.6. The van der Waals surface area contributed by atoms with E-state index in [1.54, 1.807) is 13.4 Å². The zero-order valence-corrected chi connectivity index (χ0v) is 10.4. The summed E-state index contributed by atoms with van der Waals surface area (Å²) >= 11 is 0. The number of imidazole rings is 1. The van der Waals surface area contributed by atoms with Crippen LogP contribution in [-0.4, -0.2) is 17.1 Å². The predicted molar refractivity (Wildman–Crippen MR) is 69.7 cm³/mol. The molecule has 0 aliphatic carbocycles. The number of ether oxygens (including phenoxy) is 1. The Kier molecular flexibility index (Phi) is 2.55. The van der Waals surface area contributed by atoms with Crippen molar-refractivity contribution >= 4 is 11.0 Å². The molecule has 0 saturated carbocycles. The third-order valence-electron chi connectivity index (χ3n) is 3.01. The predicted octanol–water partition coefficient (Wildman–Crippen LogP) is 3.39. The second kappa shape index (κ2) is 4.22. The molecule has 0 atom stereocenters. The zero-order valence-electron chi connectivity index (χ0n) is 10.4. The van der Waals surface area contributed by atoms with Gasteiger partial charge in [0.2, 0.25) is 0 Å². The molecule has 18 heavy (non-hydrogen) atoms. The van der Waals surface area contributed by atoms with Gasteiger partial charge in [0, 0.05) is 12.5 Å². The Hall–Kier alpha value is -2.23. The lowest BCUT2D eigenvalue weighted by molar-refractivity contribution is 0.415. The van der Waals surface area contributed by atoms with E-state index >= 15 is 0 Å². The number of benzene rings is 1. The monoisotopic (exact) mass is 242 g/mol. The number of aromatic amines is 1. The van der Waals surface area contributed by atoms with Gasteiger partial charge in [-0.25, -0.2) is 4.98 Å². The van der Waals surface area contributed by atoms with Crippen LogP contribution < -0.4 is 4.74 Å². The minimum Gasteiger partial charge on any atom is -0.497 e. The van der Waals surface area contributed by atoms with Crippen LogP contribution in [-0.2, 0) is 6.42 Å². The summed E-state index contributed by atoms with van der Waals surface area (Å²) in [6, 6.07) is 7.73. The molecule has 4 nitrogen and oxygen atoms in total. The van der Waals surface area contributed by atoms with Gasteiger partial charge in [0.15, 0.2) is 0 Å². The normalized spacial score (nSPS) is 11.0. The van der Waals surface area contributed by atoms with Crippen LogP contribution in [0.1, 0.15) is 12.7 Å². The van der Waals surface area contributed by atoms with Crippen molar-refractivity contribution < 1.29 is 9.15 Å². The summed E-state index contributed by atoms with van der Waals surface area (Å²) in [5, 5.41) is 0. The van der Waals surface area contributed by atoms with Gasteiger partial charge < -0.3 is 14.1 Å². The summed E-state index contributed by atoms with van der Waals surface area (Å²) in [5.74, 6) is 2.60. The van der Waals surface area contributed by atoms with Crippen LogP contribution in [0.15, 0.2) is 34.9 Å². The molecule has 0 saturated heterocycles. The van der Waals surface area contributed by atoms with Gasteiger partial charge in [0.05, 0.1) is 30.0 Å². The Morgan fingerprint density at radius 3 is 3.00 bits per heavy atom. The van der Waals surface area contributed by atoms with Crippen LogP contribution in [0.3, 0.4) is 0 Å². The molecule has 2 heterocycles. The standard InChI is InChI=1S/C14H14N2O2/c1-3-13-10(6-7-18-13)14-15-11-5-4-9(17-2)8-12(11)16-14/h4-8H,3H2,1-2H3,(H,15,16). The number of rotatable bonds is 3. The molecule has 0 aliphatic heterocycles. The topological polar surface area (TPSA) is 51.1 Å². The molecule has 0 spiro atoms. The number of furan rings is 1. The van der Waals surface area contributed by atoms with E-state index in [4.69, 9.17) is 9.15 Å². The molecule has 0 radical (unpaired) electrons. The Balaban J connectivity index is 2.13. The Labute approximate surface area is 105 Å². The van der Waals surface area contributed by atoms with Gasteiger partial charge in [0.25, 0.3) is 0 Å². The van der Waals surface area contributed by atoms with Crippen molar-refractivity contribution in [1.29, 1.82) is 0 Å². The van der Waals surface area contributed by atoms with Gasteiger partial charge in [0.1, 0.15) is 17.3 Å². The van der Waals surface area contributed by atoms with Crippen molar-refractivity contribution in [3.63, 3.8) is 0 Å². The number of H-pyrrole nitrogens is 1. The van der Waals surface area contributed by atoms with Crippen molar-refractivity contribution in [2.45, 2.75) is 13.3 Å². The highest BCUT2D eigenvalue weighted by Gasteiger charge is 2.11. The highest BCUT2D eigenvalue weighted by molar-refractivity contribution is 5.81. The van der Waals surface area contributed by atoms with Crippen LogP contribution in [0.25, 0.3) is 22.4 Å². The first-order valence-corrected chi connectivity index (χ1v) is 5.92. The van der Waals surface area contributed by atoms with E-state index < -0.39 is 0 Å². The van der Waals surface area contributed by atoms with Crippen molar-refractivity contribution in [2.24, 2.45) is 0 Å². The summed E-state index contributed by atoms with van der Waals surface area (Å²) in [7, 11) is 1.66. The maximum Gasteiger partial charge on any atom is 0.142 e. The largest absolute Gasteiger partial charge is 0.497 e. The Morgan fingerprint density at radius 1 is 1.33 bits per heavy atom. The number of fused-ring (bicyclic) bond motifs is 1. The molecule has 0 aliphatic rings. The number of nitrogens with one attached hydrogen (secondary N) is 1. The van der Waals surface area contributed by atoms with Crippen LogP contribution in [0, 0.1) is 0 Å². The van der Waals surface area contributed by atoms with Gasteiger partial charge >= 0.3 is 0 Å². The maximum atomic E-state index is 5.42. The number of hydrogen-bond acceptors (Lipinski definition) is 3. The third-order valence-corrected chi connectivity index (χ3v) is 3.01. The fourth-order valence-electron chi connectivity index (χ4n) is 2.07. The van der Waals surface area contributed by atoms with Gasteiger partial charge in [-0.15, -0.1) is 0 Å². The van der Waals surface area contributed by atoms with E-state index in [9.17, 15) is 0 Å². The van der Waals surface area contributed by atoms with Gasteiger partial charge in [-0.3, -0.25) is 0 Å². The minimum absolute atomic E-state index is 0.820. The van der Waals surface area contributed by atoms with Gasteiger partial charge in [-0.1, -0.05) is 6.92 Å². The molecular weight excluding hydrogens is 228 g/mol. The minimum atomic E-state index is 0.820. The van der Waals surface area contributed by atoms with Crippen molar-refractivity contribution in [3.05, 3.63) is 36.3 Å². The molecule has 2 aromatic heterocycles. The van der Waals surface area contributed by atoms with Crippen LogP contribution in [0.2, 0.25) is 0 Å². The number of methoxy groups -OCH3 is 1. The summed E-state index contributed by atoms with van der Waals surface area (Å²) in [6.45, 7) is 2.06. The molecule has 3 rings (SSSR count). The average Bonchev–Trinajstić information content (AvgIpc) is 3.03. The molecule has 4 heteroatoms. The van der Waals surface area contributed by atoms with Crippen LogP contribution in [0.4, 0.5) is 0 Å². The van der Waals surface area contributed by atoms with Crippen molar-refractivity contribution in [3.8, 4) is 17.1 Å². The molecule has 1 N–H and O–H groups in total. The SMILES string of the molecule is CCc1occc1-c1nc2ccc(OC)cc2[nH]1. The molecule has 92 valence electrons. The smallest absolute Gasteiger partial charge is 0.142 e. The Bertz CT molecular complexity index is 682. The van der Waals surface area contributed by atoms with E-state index in [0.29, 0.717) is 0 Å². The number of aryl methyl sites for hydroxylation is 1. The fourth-order valence-corrected chi connectivity index (χ4v) is 2.07. The van der Waals surface area contributed by atoms with Gasteiger partial charge in [-0.05, 0) is 18.2 Å². The maximum absolute atomic E-state index is 5.42. The summed E-state index contributed by atoms with van der Waals surface area (Å²) in [6.07, 6.45) is 2.55. The molecule has 0 bridgehead atoms. The lowest BCUT2D eigenvalue weighted by Gasteiger charge is -1.96. The molecule has 3 aromatic rings. The van der Waals surface area contributed by atoms with E-state index in [0.717, 1.165) is 40.4 Å². The van der Waals surface area contributed by atoms with Crippen molar-refractivity contribution in [1.82, 2.24) is 9.97 Å². The van der Waals surface area contributed by atoms with Gasteiger partial charge in [-0.2, -0.15) is 0 Å². The fraction of sp³-hybridized carbons (Fsp3) is 0.214. The van der Waals surface area contributed by atoms with E-state index in [1.165, 1.54) is 0 Å². The second-order valence-electron chi connectivity index (χ2n) is 4.08. The first-order valence-electron chi connectivity index (χ1n) is 5.92. The van der Waals surface area contributed by atoms with Crippen LogP contribution >= 0.6 is 0 Å². The average molecular weight is 242 g/mol. The lowest BCUT2D eigenvalue weighted by Crippen LogP contribution is -1.83. The van der Waals surface area contributed by atoms with Crippen LogP contribution in [0.5, 0.6) is 5.75 Å². The lowest BCUT2D eigenvalue weighted by atomic mass is 10.2. The highest BCUT2D eigenvalue weighted by atomic mass is 16.5.